The van der Waals surface area contributed by atoms with E-state index in [1.54, 1.807) is 18.2 Å². The molecule has 5 nitrogen and oxygen atoms in total. The highest BCUT2D eigenvalue weighted by atomic mass is 16.5. The van der Waals surface area contributed by atoms with Crippen LogP contribution in [0.5, 0.6) is 5.75 Å². The van der Waals surface area contributed by atoms with Crippen LogP contribution in [-0.4, -0.2) is 31.4 Å². The minimum atomic E-state index is -0.492. The largest absolute Gasteiger partial charge is 0.493 e. The number of nitrogens with two attached hydrogens (primary N) is 1. The molecule has 1 rings (SSSR count). The third-order valence-electron chi connectivity index (χ3n) is 2.76. The van der Waals surface area contributed by atoms with Crippen molar-refractivity contribution < 1.29 is 19.4 Å². The van der Waals surface area contributed by atoms with Gasteiger partial charge in [-0.05, 0) is 31.4 Å². The summed E-state index contributed by atoms with van der Waals surface area (Å²) in [6.07, 6.45) is 3.64. The Morgan fingerprint density at radius 2 is 2.00 bits per heavy atom. The molecule has 106 valence electrons. The van der Waals surface area contributed by atoms with E-state index in [1.165, 1.54) is 7.11 Å². The lowest BCUT2D eigenvalue weighted by Gasteiger charge is -2.11. The molecule has 0 aliphatic rings. The number of nitrogen functional groups attached to an aromatic ring is 1. The fraction of sp³-hybridized carbons (Fsp3) is 0.500. The molecule has 0 bridgehead atoms. The van der Waals surface area contributed by atoms with Crippen molar-refractivity contribution in [3.8, 4) is 5.75 Å². The number of carbonyl (C=O) groups is 1. The number of aliphatic hydroxyl groups excluding tert-OH is 1. The van der Waals surface area contributed by atoms with Crippen LogP contribution in [0, 0.1) is 0 Å². The Kier molecular flexibility index (Phi) is 6.74. The summed E-state index contributed by atoms with van der Waals surface area (Å²) in [5.41, 5.74) is 6.39. The molecule has 1 aromatic rings. The van der Waals surface area contributed by atoms with Crippen molar-refractivity contribution in [1.82, 2.24) is 0 Å². The molecule has 5 heteroatoms. The Morgan fingerprint density at radius 1 is 1.26 bits per heavy atom. The van der Waals surface area contributed by atoms with E-state index in [-0.39, 0.29) is 12.2 Å². The number of methoxy groups -OCH3 is 1. The van der Waals surface area contributed by atoms with Gasteiger partial charge in [-0.25, -0.2) is 4.79 Å². The smallest absolute Gasteiger partial charge is 0.343 e. The summed E-state index contributed by atoms with van der Waals surface area (Å²) in [4.78, 5) is 11.6. The van der Waals surface area contributed by atoms with Crippen LogP contribution >= 0.6 is 0 Å². The number of carbonyl (C=O) groups excluding carboxylic acids is 1. The molecule has 0 radical (unpaired) electrons. The maximum Gasteiger partial charge on any atom is 0.343 e. The van der Waals surface area contributed by atoms with Gasteiger partial charge in [-0.2, -0.15) is 0 Å². The lowest BCUT2D eigenvalue weighted by atomic mass is 10.1. The van der Waals surface area contributed by atoms with Crippen LogP contribution < -0.4 is 10.5 Å². The second-order valence-electron chi connectivity index (χ2n) is 4.20. The normalized spacial score (nSPS) is 10.2. The first-order valence-corrected chi connectivity index (χ1v) is 6.41. The van der Waals surface area contributed by atoms with E-state index < -0.39 is 5.97 Å². The molecule has 0 aromatic heterocycles. The molecule has 0 aliphatic carbocycles. The van der Waals surface area contributed by atoms with Gasteiger partial charge in [0.05, 0.1) is 13.7 Å². The predicted molar refractivity (Wildman–Crippen MR) is 73.2 cm³/mol. The minimum absolute atomic E-state index is 0.225. The third kappa shape index (κ3) is 4.79. The Bertz CT molecular complexity index is 406. The van der Waals surface area contributed by atoms with Gasteiger partial charge in [-0.3, -0.25) is 0 Å². The van der Waals surface area contributed by atoms with Crippen LogP contribution in [0.1, 0.15) is 36.0 Å². The van der Waals surface area contributed by atoms with E-state index in [0.717, 1.165) is 25.7 Å². The molecular formula is C14H21NO4. The highest BCUT2D eigenvalue weighted by Gasteiger charge is 2.16. The van der Waals surface area contributed by atoms with Crippen LogP contribution in [0.4, 0.5) is 5.69 Å². The first-order valence-electron chi connectivity index (χ1n) is 6.41. The molecule has 3 N–H and O–H groups in total. The number of hydrogen-bond donors (Lipinski definition) is 2. The van der Waals surface area contributed by atoms with E-state index >= 15 is 0 Å². The van der Waals surface area contributed by atoms with Crippen molar-refractivity contribution >= 4 is 11.7 Å². The number of benzene rings is 1. The van der Waals surface area contributed by atoms with Gasteiger partial charge < -0.3 is 20.3 Å². The lowest BCUT2D eigenvalue weighted by molar-refractivity contribution is 0.0597. The van der Waals surface area contributed by atoms with Crippen LogP contribution in [0.25, 0.3) is 0 Å². The molecule has 0 atom stereocenters. The van der Waals surface area contributed by atoms with Crippen molar-refractivity contribution in [2.45, 2.75) is 25.7 Å². The molecule has 0 saturated heterocycles. The van der Waals surface area contributed by atoms with Gasteiger partial charge in [0.15, 0.2) is 0 Å². The van der Waals surface area contributed by atoms with Crippen molar-refractivity contribution in [2.75, 3.05) is 26.1 Å². The summed E-state index contributed by atoms with van der Waals surface area (Å²) in [5, 5.41) is 8.66. The van der Waals surface area contributed by atoms with Gasteiger partial charge in [-0.15, -0.1) is 0 Å². The second kappa shape index (κ2) is 8.37. The van der Waals surface area contributed by atoms with E-state index in [1.807, 2.05) is 0 Å². The van der Waals surface area contributed by atoms with Crippen molar-refractivity contribution in [2.24, 2.45) is 0 Å². The summed E-state index contributed by atoms with van der Waals surface area (Å²) in [5.74, 6) is -0.0395. The summed E-state index contributed by atoms with van der Waals surface area (Å²) >= 11 is 0. The fourth-order valence-corrected chi connectivity index (χ4v) is 1.74. The van der Waals surface area contributed by atoms with E-state index in [9.17, 15) is 4.79 Å². The zero-order valence-corrected chi connectivity index (χ0v) is 11.2. The number of esters is 1. The van der Waals surface area contributed by atoms with Gasteiger partial charge in [0.25, 0.3) is 0 Å². The number of anilines is 1. The maximum atomic E-state index is 11.6. The highest BCUT2D eigenvalue weighted by molar-refractivity contribution is 5.98. The first kappa shape index (κ1) is 15.3. The third-order valence-corrected chi connectivity index (χ3v) is 2.76. The number of rotatable bonds is 8. The number of hydrogen-bond acceptors (Lipinski definition) is 5. The quantitative estimate of drug-likeness (QED) is 0.427. The number of ether oxygens (including phenoxy) is 2. The van der Waals surface area contributed by atoms with Crippen LogP contribution in [0.15, 0.2) is 18.2 Å². The topological polar surface area (TPSA) is 81.8 Å². The molecule has 1 aromatic carbocycles. The Hall–Kier alpha value is -1.75. The van der Waals surface area contributed by atoms with Gasteiger partial charge in [0.1, 0.15) is 11.3 Å². The maximum absolute atomic E-state index is 11.6. The molecule has 0 heterocycles. The summed E-state index contributed by atoms with van der Waals surface area (Å²) in [7, 11) is 1.31. The summed E-state index contributed by atoms with van der Waals surface area (Å²) < 4.78 is 10.3. The molecule has 0 fully saturated rings. The van der Waals surface area contributed by atoms with Gasteiger partial charge >= 0.3 is 5.97 Å². The Morgan fingerprint density at radius 3 is 2.68 bits per heavy atom. The second-order valence-corrected chi connectivity index (χ2v) is 4.20. The molecular weight excluding hydrogens is 246 g/mol. The molecule has 19 heavy (non-hydrogen) atoms. The summed E-state index contributed by atoms with van der Waals surface area (Å²) in [6.45, 7) is 0.738. The van der Waals surface area contributed by atoms with Crippen LogP contribution in [0.3, 0.4) is 0 Å². The molecule has 0 amide bonds. The standard InChI is InChI=1S/C14H21NO4/c1-18-14(17)13-11(15)7-6-8-12(13)19-10-5-3-2-4-9-16/h6-8,16H,2-5,9-10,15H2,1H3. The SMILES string of the molecule is COC(=O)c1c(N)cccc1OCCCCCCO. The predicted octanol–water partition coefficient (Wildman–Crippen LogP) is 1.99. The highest BCUT2D eigenvalue weighted by Crippen LogP contribution is 2.25. The van der Waals surface area contributed by atoms with Gasteiger partial charge in [0.2, 0.25) is 0 Å². The zero-order chi connectivity index (χ0) is 14.1. The Labute approximate surface area is 113 Å². The first-order chi connectivity index (χ1) is 9.20. The van der Waals surface area contributed by atoms with Crippen LogP contribution in [-0.2, 0) is 4.74 Å². The average molecular weight is 267 g/mol. The molecule has 0 spiro atoms. The van der Waals surface area contributed by atoms with E-state index in [0.29, 0.717) is 18.0 Å². The summed E-state index contributed by atoms with van der Waals surface area (Å²) in [6, 6.07) is 5.08. The number of aliphatic hydroxyl groups is 1. The minimum Gasteiger partial charge on any atom is -0.493 e. The van der Waals surface area contributed by atoms with Gasteiger partial charge in [0, 0.05) is 12.3 Å². The van der Waals surface area contributed by atoms with Crippen LogP contribution in [0.2, 0.25) is 0 Å². The van der Waals surface area contributed by atoms with Crippen molar-refractivity contribution in [3.05, 3.63) is 23.8 Å². The number of unbranched alkanes of at least 4 members (excludes halogenated alkanes) is 3. The van der Waals surface area contributed by atoms with Gasteiger partial charge in [-0.1, -0.05) is 12.5 Å². The zero-order valence-electron chi connectivity index (χ0n) is 11.2. The molecule has 0 aliphatic heterocycles. The molecule has 0 unspecified atom stereocenters. The van der Waals surface area contributed by atoms with Crippen molar-refractivity contribution in [3.63, 3.8) is 0 Å². The fourth-order valence-electron chi connectivity index (χ4n) is 1.74. The lowest BCUT2D eigenvalue weighted by Crippen LogP contribution is -2.09. The Balaban J connectivity index is 2.53. The van der Waals surface area contributed by atoms with E-state index in [2.05, 4.69) is 0 Å². The van der Waals surface area contributed by atoms with E-state index in [4.69, 9.17) is 20.3 Å². The monoisotopic (exact) mass is 267 g/mol. The average Bonchev–Trinajstić information content (AvgIpc) is 2.42. The molecule has 0 saturated carbocycles. The van der Waals surface area contributed by atoms with Crippen molar-refractivity contribution in [1.29, 1.82) is 0 Å².